The van der Waals surface area contributed by atoms with Gasteiger partial charge in [-0.15, -0.1) is 0 Å². The fourth-order valence-electron chi connectivity index (χ4n) is 4.05. The summed E-state index contributed by atoms with van der Waals surface area (Å²) in [5.41, 5.74) is 9.77. The summed E-state index contributed by atoms with van der Waals surface area (Å²) in [5.74, 6) is 0.740. The fourth-order valence-corrected chi connectivity index (χ4v) is 4.05. The maximum atomic E-state index is 6.70. The van der Waals surface area contributed by atoms with Gasteiger partial charge in [-0.25, -0.2) is 0 Å². The van der Waals surface area contributed by atoms with Crippen molar-refractivity contribution in [3.63, 3.8) is 0 Å². The van der Waals surface area contributed by atoms with Crippen LogP contribution in [0.25, 0.3) is 0 Å². The summed E-state index contributed by atoms with van der Waals surface area (Å²) in [7, 11) is 0. The summed E-state index contributed by atoms with van der Waals surface area (Å²) in [6, 6.07) is 8.85. The molecule has 1 nitrogen and oxygen atoms in total. The second-order valence-electron chi connectivity index (χ2n) is 7.38. The number of hydrogen-bond acceptors (Lipinski definition) is 1. The quantitative estimate of drug-likeness (QED) is 0.834. The predicted octanol–water partition coefficient (Wildman–Crippen LogP) is 4.08. The van der Waals surface area contributed by atoms with E-state index in [9.17, 15) is 0 Å². The number of rotatable bonds is 2. The average molecular weight is 245 g/mol. The Balaban J connectivity index is 2.13. The average Bonchev–Trinajstić information content (AvgIpc) is 2.17. The topological polar surface area (TPSA) is 26.0 Å². The summed E-state index contributed by atoms with van der Waals surface area (Å²) in [6.45, 7) is 9.20. The van der Waals surface area contributed by atoms with Gasteiger partial charge in [0.1, 0.15) is 0 Å². The molecule has 2 atom stereocenters. The van der Waals surface area contributed by atoms with Gasteiger partial charge in [0.25, 0.3) is 0 Å². The lowest BCUT2D eigenvalue weighted by Crippen LogP contribution is -2.50. The van der Waals surface area contributed by atoms with Gasteiger partial charge in [0, 0.05) is 5.54 Å². The minimum atomic E-state index is -0.0174. The normalized spacial score (nSPS) is 31.3. The van der Waals surface area contributed by atoms with Crippen LogP contribution in [0.3, 0.4) is 0 Å². The Morgan fingerprint density at radius 2 is 1.78 bits per heavy atom. The van der Waals surface area contributed by atoms with E-state index < -0.39 is 0 Å². The molecule has 1 saturated carbocycles. The highest BCUT2D eigenvalue weighted by molar-refractivity contribution is 5.23. The Hall–Kier alpha value is -0.820. The molecule has 0 saturated heterocycles. The highest BCUT2D eigenvalue weighted by Gasteiger charge is 2.40. The largest absolute Gasteiger partial charge is 0.325 e. The molecule has 1 aromatic carbocycles. The van der Waals surface area contributed by atoms with Gasteiger partial charge in [-0.05, 0) is 49.5 Å². The van der Waals surface area contributed by atoms with Crippen LogP contribution in [0.2, 0.25) is 0 Å². The Kier molecular flexibility index (Phi) is 3.55. The summed E-state index contributed by atoms with van der Waals surface area (Å²) in [6.07, 6.45) is 4.61. The van der Waals surface area contributed by atoms with E-state index in [-0.39, 0.29) is 5.54 Å². The molecule has 1 heteroatoms. The zero-order chi connectivity index (χ0) is 13.4. The predicted molar refractivity (Wildman–Crippen MR) is 78.6 cm³/mol. The maximum Gasteiger partial charge on any atom is 0.0202 e. The van der Waals surface area contributed by atoms with Crippen molar-refractivity contribution in [1.29, 1.82) is 0 Å². The van der Waals surface area contributed by atoms with Crippen molar-refractivity contribution >= 4 is 0 Å². The molecular weight excluding hydrogens is 218 g/mol. The van der Waals surface area contributed by atoms with E-state index in [1.54, 1.807) is 0 Å². The highest BCUT2D eigenvalue weighted by Crippen LogP contribution is 2.43. The zero-order valence-electron chi connectivity index (χ0n) is 12.3. The first-order valence-electron chi connectivity index (χ1n) is 7.13. The van der Waals surface area contributed by atoms with E-state index in [2.05, 4.69) is 52.0 Å². The van der Waals surface area contributed by atoms with E-state index in [1.807, 2.05) is 0 Å². The second kappa shape index (κ2) is 4.70. The molecule has 1 fully saturated rings. The second-order valence-corrected chi connectivity index (χ2v) is 7.38. The molecule has 0 aliphatic heterocycles. The van der Waals surface area contributed by atoms with Crippen LogP contribution in [-0.2, 0) is 6.42 Å². The summed E-state index contributed by atoms with van der Waals surface area (Å²) < 4.78 is 0. The third-order valence-electron chi connectivity index (χ3n) is 4.16. The number of benzene rings is 1. The van der Waals surface area contributed by atoms with E-state index in [0.717, 1.165) is 25.2 Å². The van der Waals surface area contributed by atoms with Gasteiger partial charge < -0.3 is 5.73 Å². The van der Waals surface area contributed by atoms with Crippen molar-refractivity contribution in [3.8, 4) is 0 Å². The Morgan fingerprint density at radius 3 is 2.33 bits per heavy atom. The molecule has 0 aromatic heterocycles. The summed E-state index contributed by atoms with van der Waals surface area (Å²) in [5, 5.41) is 0. The van der Waals surface area contributed by atoms with E-state index in [1.165, 1.54) is 17.5 Å². The number of aryl methyl sites for hydroxylation is 1. The van der Waals surface area contributed by atoms with Crippen LogP contribution < -0.4 is 5.73 Å². The van der Waals surface area contributed by atoms with Crippen LogP contribution in [0.5, 0.6) is 0 Å². The van der Waals surface area contributed by atoms with Gasteiger partial charge in [0.2, 0.25) is 0 Å². The Bertz CT molecular complexity index is 404. The molecule has 2 unspecified atom stereocenters. The molecule has 0 radical (unpaired) electrons. The van der Waals surface area contributed by atoms with Crippen molar-refractivity contribution in [2.24, 2.45) is 17.1 Å². The lowest BCUT2D eigenvalue weighted by atomic mass is 9.63. The van der Waals surface area contributed by atoms with Crippen molar-refractivity contribution < 1.29 is 0 Å². The molecular formula is C17H27N. The van der Waals surface area contributed by atoms with Crippen LogP contribution in [-0.4, -0.2) is 5.54 Å². The monoisotopic (exact) mass is 245 g/mol. The summed E-state index contributed by atoms with van der Waals surface area (Å²) in [4.78, 5) is 0. The number of nitrogens with two attached hydrogens (primary N) is 1. The first kappa shape index (κ1) is 13.6. The third kappa shape index (κ3) is 3.35. The van der Waals surface area contributed by atoms with Crippen LogP contribution >= 0.6 is 0 Å². The maximum absolute atomic E-state index is 6.70. The molecule has 1 aliphatic rings. The van der Waals surface area contributed by atoms with Crippen molar-refractivity contribution in [2.75, 3.05) is 0 Å². The Labute approximate surface area is 112 Å². The molecule has 1 aliphatic carbocycles. The molecule has 18 heavy (non-hydrogen) atoms. The van der Waals surface area contributed by atoms with Gasteiger partial charge >= 0.3 is 0 Å². The van der Waals surface area contributed by atoms with E-state index in [4.69, 9.17) is 5.73 Å². The minimum Gasteiger partial charge on any atom is -0.325 e. The van der Waals surface area contributed by atoms with Gasteiger partial charge in [-0.1, -0.05) is 50.6 Å². The molecule has 2 N–H and O–H groups in total. The first-order chi connectivity index (χ1) is 8.28. The molecule has 0 amide bonds. The third-order valence-corrected chi connectivity index (χ3v) is 4.16. The van der Waals surface area contributed by atoms with Crippen LogP contribution in [0.15, 0.2) is 24.3 Å². The Morgan fingerprint density at radius 1 is 1.17 bits per heavy atom. The van der Waals surface area contributed by atoms with E-state index in [0.29, 0.717) is 5.41 Å². The SMILES string of the molecule is Cc1ccc(CC2(N)CC(C)CC(C)(C)C2)cc1. The number of hydrogen-bond donors (Lipinski definition) is 1. The minimum absolute atomic E-state index is 0.0174. The smallest absolute Gasteiger partial charge is 0.0202 e. The van der Waals surface area contributed by atoms with Crippen molar-refractivity contribution in [1.82, 2.24) is 0 Å². The molecule has 0 spiro atoms. The van der Waals surface area contributed by atoms with Crippen LogP contribution in [0.4, 0.5) is 0 Å². The van der Waals surface area contributed by atoms with Crippen molar-refractivity contribution in [3.05, 3.63) is 35.4 Å². The zero-order valence-corrected chi connectivity index (χ0v) is 12.3. The van der Waals surface area contributed by atoms with Crippen LogP contribution in [0, 0.1) is 18.3 Å². The molecule has 100 valence electrons. The summed E-state index contributed by atoms with van der Waals surface area (Å²) >= 11 is 0. The lowest BCUT2D eigenvalue weighted by molar-refractivity contribution is 0.108. The molecule has 2 rings (SSSR count). The fraction of sp³-hybridized carbons (Fsp3) is 0.647. The van der Waals surface area contributed by atoms with E-state index >= 15 is 0 Å². The lowest BCUT2D eigenvalue weighted by Gasteiger charge is -2.46. The molecule has 0 bridgehead atoms. The van der Waals surface area contributed by atoms with Gasteiger partial charge in [0.15, 0.2) is 0 Å². The standard InChI is InChI=1S/C17H27N/c1-13-5-7-15(8-6-13)11-17(18)10-14(2)9-16(3,4)12-17/h5-8,14H,9-12,18H2,1-4H3. The first-order valence-corrected chi connectivity index (χ1v) is 7.13. The van der Waals surface area contributed by atoms with Crippen molar-refractivity contribution in [2.45, 2.75) is 58.9 Å². The van der Waals surface area contributed by atoms with Gasteiger partial charge in [-0.2, -0.15) is 0 Å². The molecule has 0 heterocycles. The molecule has 1 aromatic rings. The van der Waals surface area contributed by atoms with Gasteiger partial charge in [0.05, 0.1) is 0 Å². The van der Waals surface area contributed by atoms with Crippen LogP contribution in [0.1, 0.15) is 51.2 Å². The highest BCUT2D eigenvalue weighted by atomic mass is 14.8. The van der Waals surface area contributed by atoms with Gasteiger partial charge in [-0.3, -0.25) is 0 Å².